The lowest BCUT2D eigenvalue weighted by Crippen LogP contribution is -2.30. The summed E-state index contributed by atoms with van der Waals surface area (Å²) in [4.78, 5) is 15.1. The van der Waals surface area contributed by atoms with Crippen molar-refractivity contribution in [2.24, 2.45) is 0 Å². The lowest BCUT2D eigenvalue weighted by Gasteiger charge is -2.26. The van der Waals surface area contributed by atoms with E-state index in [2.05, 4.69) is 0 Å². The lowest BCUT2D eigenvalue weighted by molar-refractivity contribution is 0.0759. The van der Waals surface area contributed by atoms with Crippen molar-refractivity contribution in [2.75, 3.05) is 39.7 Å². The van der Waals surface area contributed by atoms with E-state index in [1.807, 2.05) is 23.1 Å². The van der Waals surface area contributed by atoms with Crippen molar-refractivity contribution in [2.45, 2.75) is 5.37 Å². The highest BCUT2D eigenvalue weighted by Gasteiger charge is 2.32. The number of fused-ring (bicyclic) bond motifs is 1. The van der Waals surface area contributed by atoms with Gasteiger partial charge < -0.3 is 23.8 Å². The molecular formula is C20H21NO5S. The highest BCUT2D eigenvalue weighted by molar-refractivity contribution is 7.99. The standard InChI is InChI=1S/C20H21NO5S/c1-23-15-9-14(10-16(12-15)24-2)19(22)21-5-8-27-20(21)13-3-4-17-18(11-13)26-7-6-25-17/h3-4,9-12,20H,5-8H2,1-2H3/t20-/m1/s1. The Labute approximate surface area is 162 Å². The Morgan fingerprint density at radius 2 is 1.74 bits per heavy atom. The second-order valence-electron chi connectivity index (χ2n) is 6.23. The van der Waals surface area contributed by atoms with Crippen molar-refractivity contribution < 1.29 is 23.7 Å². The van der Waals surface area contributed by atoms with E-state index in [1.165, 1.54) is 0 Å². The van der Waals surface area contributed by atoms with Crippen molar-refractivity contribution in [1.29, 1.82) is 0 Å². The van der Waals surface area contributed by atoms with Gasteiger partial charge in [-0.05, 0) is 29.8 Å². The Morgan fingerprint density at radius 3 is 2.44 bits per heavy atom. The average Bonchev–Trinajstić information content (AvgIpc) is 3.22. The van der Waals surface area contributed by atoms with Gasteiger partial charge >= 0.3 is 0 Å². The molecule has 0 spiro atoms. The molecule has 1 fully saturated rings. The highest BCUT2D eigenvalue weighted by atomic mass is 32.2. The maximum absolute atomic E-state index is 13.2. The first-order chi connectivity index (χ1) is 13.2. The van der Waals surface area contributed by atoms with Gasteiger partial charge in [-0.15, -0.1) is 11.8 Å². The first-order valence-electron chi connectivity index (χ1n) is 8.75. The molecule has 4 rings (SSSR count). The number of methoxy groups -OCH3 is 2. The second-order valence-corrected chi connectivity index (χ2v) is 7.41. The molecule has 6 nitrogen and oxygen atoms in total. The summed E-state index contributed by atoms with van der Waals surface area (Å²) < 4.78 is 21.9. The summed E-state index contributed by atoms with van der Waals surface area (Å²) in [7, 11) is 3.15. The Balaban J connectivity index is 1.62. The Morgan fingerprint density at radius 1 is 1.04 bits per heavy atom. The predicted octanol–water partition coefficient (Wildman–Crippen LogP) is 3.36. The zero-order valence-corrected chi connectivity index (χ0v) is 16.1. The van der Waals surface area contributed by atoms with Gasteiger partial charge in [0.15, 0.2) is 11.5 Å². The Bertz CT molecular complexity index is 834. The van der Waals surface area contributed by atoms with Crippen LogP contribution in [0.1, 0.15) is 21.3 Å². The van der Waals surface area contributed by atoms with Gasteiger partial charge in [-0.25, -0.2) is 0 Å². The zero-order valence-electron chi connectivity index (χ0n) is 15.3. The number of carbonyl (C=O) groups excluding carboxylic acids is 1. The molecule has 0 aliphatic carbocycles. The number of ether oxygens (including phenoxy) is 4. The van der Waals surface area contributed by atoms with Crippen LogP contribution >= 0.6 is 11.8 Å². The van der Waals surface area contributed by atoms with Gasteiger partial charge in [0.05, 0.1) is 14.2 Å². The fourth-order valence-electron chi connectivity index (χ4n) is 3.26. The van der Waals surface area contributed by atoms with Crippen LogP contribution in [-0.4, -0.2) is 50.5 Å². The SMILES string of the molecule is COc1cc(OC)cc(C(=O)N2CCS[C@@H]2c2ccc3c(c2)OCCO3)c1. The van der Waals surface area contributed by atoms with E-state index < -0.39 is 0 Å². The van der Waals surface area contributed by atoms with Crippen LogP contribution in [-0.2, 0) is 0 Å². The minimum Gasteiger partial charge on any atom is -0.497 e. The summed E-state index contributed by atoms with van der Waals surface area (Å²) in [5.41, 5.74) is 1.58. The molecule has 0 aromatic heterocycles. The van der Waals surface area contributed by atoms with Gasteiger partial charge in [0.1, 0.15) is 30.1 Å². The van der Waals surface area contributed by atoms with E-state index in [0.717, 1.165) is 22.8 Å². The fourth-order valence-corrected chi connectivity index (χ4v) is 4.51. The zero-order chi connectivity index (χ0) is 18.8. The molecule has 142 valence electrons. The molecule has 0 N–H and O–H groups in total. The summed E-state index contributed by atoms with van der Waals surface area (Å²) >= 11 is 1.74. The molecule has 2 heterocycles. The van der Waals surface area contributed by atoms with E-state index in [4.69, 9.17) is 18.9 Å². The molecule has 0 radical (unpaired) electrons. The third kappa shape index (κ3) is 3.51. The molecule has 27 heavy (non-hydrogen) atoms. The molecule has 1 saturated heterocycles. The van der Waals surface area contributed by atoms with E-state index >= 15 is 0 Å². The van der Waals surface area contributed by atoms with Gasteiger partial charge in [-0.1, -0.05) is 6.07 Å². The van der Waals surface area contributed by atoms with Crippen LogP contribution in [0.4, 0.5) is 0 Å². The van der Waals surface area contributed by atoms with Crippen molar-refractivity contribution in [3.8, 4) is 23.0 Å². The van der Waals surface area contributed by atoms with Crippen LogP contribution in [0, 0.1) is 0 Å². The predicted molar refractivity (Wildman–Crippen MR) is 103 cm³/mol. The van der Waals surface area contributed by atoms with Crippen LogP contribution in [0.5, 0.6) is 23.0 Å². The molecule has 1 atom stereocenters. The highest BCUT2D eigenvalue weighted by Crippen LogP contribution is 2.42. The molecule has 2 aromatic carbocycles. The molecule has 2 aliphatic rings. The van der Waals surface area contributed by atoms with Crippen molar-refractivity contribution in [3.05, 3.63) is 47.5 Å². The monoisotopic (exact) mass is 387 g/mol. The quantitative estimate of drug-likeness (QED) is 0.802. The molecule has 2 aliphatic heterocycles. The first kappa shape index (κ1) is 17.9. The number of hydrogen-bond donors (Lipinski definition) is 0. The van der Waals surface area contributed by atoms with Gasteiger partial charge in [-0.3, -0.25) is 4.79 Å². The number of carbonyl (C=O) groups is 1. The third-order valence-electron chi connectivity index (χ3n) is 4.60. The minimum absolute atomic E-state index is 0.0444. The van der Waals surface area contributed by atoms with Gasteiger partial charge in [0, 0.05) is 23.9 Å². The maximum atomic E-state index is 13.2. The molecule has 2 aromatic rings. The maximum Gasteiger partial charge on any atom is 0.255 e. The van der Waals surface area contributed by atoms with Crippen molar-refractivity contribution in [1.82, 2.24) is 4.90 Å². The Kier molecular flexibility index (Phi) is 5.03. The van der Waals surface area contributed by atoms with E-state index in [0.29, 0.717) is 36.8 Å². The summed E-state index contributed by atoms with van der Waals surface area (Å²) in [6.45, 7) is 1.79. The molecule has 0 saturated carbocycles. The molecule has 0 bridgehead atoms. The first-order valence-corrected chi connectivity index (χ1v) is 9.79. The van der Waals surface area contributed by atoms with Gasteiger partial charge in [-0.2, -0.15) is 0 Å². The van der Waals surface area contributed by atoms with Crippen molar-refractivity contribution in [3.63, 3.8) is 0 Å². The van der Waals surface area contributed by atoms with E-state index in [9.17, 15) is 4.79 Å². The van der Waals surface area contributed by atoms with Crippen LogP contribution in [0.15, 0.2) is 36.4 Å². The minimum atomic E-state index is -0.0643. The summed E-state index contributed by atoms with van der Waals surface area (Å²) in [5, 5.41) is -0.0643. The number of nitrogens with zero attached hydrogens (tertiary/aromatic N) is 1. The van der Waals surface area contributed by atoms with E-state index in [1.54, 1.807) is 44.2 Å². The van der Waals surface area contributed by atoms with Crippen LogP contribution in [0.2, 0.25) is 0 Å². The normalized spacial score (nSPS) is 18.3. The number of amides is 1. The topological polar surface area (TPSA) is 57.2 Å². The number of rotatable bonds is 4. The average molecular weight is 387 g/mol. The molecular weight excluding hydrogens is 366 g/mol. The largest absolute Gasteiger partial charge is 0.497 e. The van der Waals surface area contributed by atoms with Crippen molar-refractivity contribution >= 4 is 17.7 Å². The lowest BCUT2D eigenvalue weighted by atomic mass is 10.1. The van der Waals surface area contributed by atoms with Crippen LogP contribution in [0.3, 0.4) is 0 Å². The fraction of sp³-hybridized carbons (Fsp3) is 0.350. The number of benzene rings is 2. The van der Waals surface area contributed by atoms with Crippen LogP contribution in [0.25, 0.3) is 0 Å². The third-order valence-corrected chi connectivity index (χ3v) is 5.86. The number of hydrogen-bond acceptors (Lipinski definition) is 6. The molecule has 7 heteroatoms. The Hall–Kier alpha value is -2.54. The molecule has 1 amide bonds. The van der Waals surface area contributed by atoms with Gasteiger partial charge in [0.25, 0.3) is 5.91 Å². The summed E-state index contributed by atoms with van der Waals surface area (Å²) in [5.74, 6) is 3.52. The van der Waals surface area contributed by atoms with Crippen LogP contribution < -0.4 is 18.9 Å². The molecule has 0 unspecified atom stereocenters. The summed E-state index contributed by atoms with van der Waals surface area (Å²) in [6, 6.07) is 11.1. The smallest absolute Gasteiger partial charge is 0.255 e. The van der Waals surface area contributed by atoms with Gasteiger partial charge in [0.2, 0.25) is 0 Å². The second kappa shape index (κ2) is 7.60. The number of thioether (sulfide) groups is 1. The summed E-state index contributed by atoms with van der Waals surface area (Å²) in [6.07, 6.45) is 0. The van der Waals surface area contributed by atoms with E-state index in [-0.39, 0.29) is 11.3 Å².